The first kappa shape index (κ1) is 16.5. The first-order valence-electron chi connectivity index (χ1n) is 6.45. The molecule has 2 amide bonds. The molecule has 1 aromatic carbocycles. The summed E-state index contributed by atoms with van der Waals surface area (Å²) in [4.78, 5) is 23.6. The minimum Gasteiger partial charge on any atom is -0.361 e. The number of carbonyl (C=O) groups excluding carboxylic acids is 2. The summed E-state index contributed by atoms with van der Waals surface area (Å²) in [6, 6.07) is 1.55. The Bertz CT molecular complexity index is 755. The smallest absolute Gasteiger partial charge is 0.257 e. The van der Waals surface area contributed by atoms with Gasteiger partial charge in [0.2, 0.25) is 5.91 Å². The maximum atomic E-state index is 13.4. The molecule has 0 atom stereocenters. The normalized spacial score (nSPS) is 10.5. The van der Waals surface area contributed by atoms with Crippen molar-refractivity contribution >= 4 is 17.5 Å². The van der Waals surface area contributed by atoms with Gasteiger partial charge in [-0.3, -0.25) is 9.59 Å². The predicted octanol–water partition coefficient (Wildman–Crippen LogP) is 2.08. The first-order chi connectivity index (χ1) is 10.8. The third kappa shape index (κ3) is 3.50. The Balaban J connectivity index is 1.99. The summed E-state index contributed by atoms with van der Waals surface area (Å²) in [6.45, 7) is 2.59. The van der Waals surface area contributed by atoms with Crippen molar-refractivity contribution in [3.05, 3.63) is 46.6 Å². The lowest BCUT2D eigenvalue weighted by Gasteiger charge is -2.08. The molecule has 9 heteroatoms. The molecular formula is C14H12F3N3O3. The van der Waals surface area contributed by atoms with Gasteiger partial charge in [0, 0.05) is 0 Å². The Morgan fingerprint density at radius 1 is 1.17 bits per heavy atom. The van der Waals surface area contributed by atoms with Crippen LogP contribution in [0.1, 0.15) is 21.8 Å². The average molecular weight is 327 g/mol. The summed E-state index contributed by atoms with van der Waals surface area (Å²) in [5.41, 5.74) is 0.0179. The largest absolute Gasteiger partial charge is 0.361 e. The summed E-state index contributed by atoms with van der Waals surface area (Å²) >= 11 is 0. The molecule has 0 aliphatic rings. The predicted molar refractivity (Wildman–Crippen MR) is 73.3 cm³/mol. The molecule has 0 bridgehead atoms. The highest BCUT2D eigenvalue weighted by Gasteiger charge is 2.19. The van der Waals surface area contributed by atoms with Gasteiger partial charge in [0.1, 0.15) is 11.3 Å². The Morgan fingerprint density at radius 3 is 2.48 bits per heavy atom. The second-order valence-electron chi connectivity index (χ2n) is 4.65. The number of rotatable bonds is 4. The van der Waals surface area contributed by atoms with Crippen molar-refractivity contribution in [2.75, 3.05) is 11.9 Å². The van der Waals surface area contributed by atoms with Crippen LogP contribution < -0.4 is 10.6 Å². The number of amides is 2. The van der Waals surface area contributed by atoms with Crippen LogP contribution in [0.3, 0.4) is 0 Å². The van der Waals surface area contributed by atoms with E-state index in [1.807, 2.05) is 5.32 Å². The zero-order chi connectivity index (χ0) is 17.1. The number of aromatic nitrogens is 1. The van der Waals surface area contributed by atoms with E-state index in [1.54, 1.807) is 6.92 Å². The number of nitrogens with zero attached hydrogens (tertiary/aromatic N) is 1. The van der Waals surface area contributed by atoms with E-state index in [9.17, 15) is 22.8 Å². The molecule has 2 N–H and O–H groups in total. The van der Waals surface area contributed by atoms with Gasteiger partial charge in [-0.25, -0.2) is 13.2 Å². The molecule has 0 unspecified atom stereocenters. The van der Waals surface area contributed by atoms with Gasteiger partial charge in [-0.2, -0.15) is 0 Å². The third-order valence-electron chi connectivity index (χ3n) is 2.98. The molecule has 0 aliphatic carbocycles. The Hall–Kier alpha value is -2.84. The Labute approximate surface area is 128 Å². The quantitative estimate of drug-likeness (QED) is 0.842. The lowest BCUT2D eigenvalue weighted by atomic mass is 10.2. The van der Waals surface area contributed by atoms with Crippen molar-refractivity contribution in [3.8, 4) is 0 Å². The number of nitrogens with one attached hydrogen (secondary N) is 2. The van der Waals surface area contributed by atoms with E-state index in [0.29, 0.717) is 11.8 Å². The van der Waals surface area contributed by atoms with Gasteiger partial charge in [-0.05, 0) is 26.0 Å². The van der Waals surface area contributed by atoms with Gasteiger partial charge in [0.05, 0.1) is 17.9 Å². The van der Waals surface area contributed by atoms with Crippen LogP contribution in [0.4, 0.5) is 18.9 Å². The van der Waals surface area contributed by atoms with Crippen molar-refractivity contribution in [2.24, 2.45) is 0 Å². The summed E-state index contributed by atoms with van der Waals surface area (Å²) in [5.74, 6) is -5.70. The topological polar surface area (TPSA) is 84.2 Å². The molecule has 2 aromatic rings. The van der Waals surface area contributed by atoms with E-state index in [0.717, 1.165) is 6.07 Å². The van der Waals surface area contributed by atoms with Gasteiger partial charge in [0.25, 0.3) is 5.91 Å². The Morgan fingerprint density at radius 2 is 1.87 bits per heavy atom. The van der Waals surface area contributed by atoms with Crippen LogP contribution in [0.25, 0.3) is 0 Å². The molecule has 23 heavy (non-hydrogen) atoms. The molecule has 1 heterocycles. The van der Waals surface area contributed by atoms with Gasteiger partial charge >= 0.3 is 0 Å². The van der Waals surface area contributed by atoms with Gasteiger partial charge < -0.3 is 15.2 Å². The fourth-order valence-electron chi connectivity index (χ4n) is 1.87. The fraction of sp³-hybridized carbons (Fsp3) is 0.214. The summed E-state index contributed by atoms with van der Waals surface area (Å²) in [5, 5.41) is 7.92. The molecule has 0 saturated carbocycles. The highest BCUT2D eigenvalue weighted by Crippen LogP contribution is 2.19. The minimum absolute atomic E-state index is 0.191. The van der Waals surface area contributed by atoms with Crippen LogP contribution in [0, 0.1) is 31.3 Å². The van der Waals surface area contributed by atoms with Crippen molar-refractivity contribution in [1.82, 2.24) is 10.5 Å². The van der Waals surface area contributed by atoms with Gasteiger partial charge in [-0.15, -0.1) is 0 Å². The number of benzene rings is 1. The lowest BCUT2D eigenvalue weighted by molar-refractivity contribution is -0.115. The van der Waals surface area contributed by atoms with E-state index in [2.05, 4.69) is 10.5 Å². The maximum absolute atomic E-state index is 13.4. The lowest BCUT2D eigenvalue weighted by Crippen LogP contribution is -2.33. The molecule has 122 valence electrons. The zero-order valence-electron chi connectivity index (χ0n) is 12.2. The molecule has 0 saturated heterocycles. The maximum Gasteiger partial charge on any atom is 0.257 e. The summed E-state index contributed by atoms with van der Waals surface area (Å²) in [7, 11) is 0. The molecule has 0 spiro atoms. The number of aryl methyl sites for hydroxylation is 2. The molecule has 0 fully saturated rings. The Kier molecular flexibility index (Phi) is 4.68. The molecule has 2 rings (SSSR count). The standard InChI is InChI=1S/C14H12F3N3O3/c1-6-11(7(2)23-20-6)14(22)18-5-10(21)19-9-4-3-8(15)12(16)13(9)17/h3-4H,5H2,1-2H3,(H,18,22)(H,19,21). The molecule has 0 aliphatic heterocycles. The molecule has 0 radical (unpaired) electrons. The van der Waals surface area contributed by atoms with E-state index in [-0.39, 0.29) is 11.3 Å². The van der Waals surface area contributed by atoms with Gasteiger partial charge in [-0.1, -0.05) is 5.16 Å². The average Bonchev–Trinajstić information content (AvgIpc) is 2.84. The molecule has 6 nitrogen and oxygen atoms in total. The fourth-order valence-corrected chi connectivity index (χ4v) is 1.87. The van der Waals surface area contributed by atoms with Crippen molar-refractivity contribution in [1.29, 1.82) is 0 Å². The van der Waals surface area contributed by atoms with Crippen LogP contribution in [-0.2, 0) is 4.79 Å². The first-order valence-corrected chi connectivity index (χ1v) is 6.45. The monoisotopic (exact) mass is 327 g/mol. The van der Waals surface area contributed by atoms with Crippen molar-refractivity contribution in [3.63, 3.8) is 0 Å². The van der Waals surface area contributed by atoms with Crippen LogP contribution in [0.5, 0.6) is 0 Å². The number of hydrogen-bond donors (Lipinski definition) is 2. The van der Waals surface area contributed by atoms with E-state index < -0.39 is 41.5 Å². The second-order valence-corrected chi connectivity index (χ2v) is 4.65. The highest BCUT2D eigenvalue weighted by molar-refractivity contribution is 6.00. The number of halogens is 3. The zero-order valence-corrected chi connectivity index (χ0v) is 12.2. The van der Waals surface area contributed by atoms with Crippen LogP contribution in [-0.4, -0.2) is 23.5 Å². The molecule has 1 aromatic heterocycles. The number of hydrogen-bond acceptors (Lipinski definition) is 4. The van der Waals surface area contributed by atoms with E-state index in [1.165, 1.54) is 6.92 Å². The summed E-state index contributed by atoms with van der Waals surface area (Å²) < 4.78 is 44.1. The third-order valence-corrected chi connectivity index (χ3v) is 2.98. The van der Waals surface area contributed by atoms with E-state index in [4.69, 9.17) is 4.52 Å². The number of carbonyl (C=O) groups is 2. The van der Waals surface area contributed by atoms with Crippen molar-refractivity contribution in [2.45, 2.75) is 13.8 Å². The minimum atomic E-state index is -1.69. The van der Waals surface area contributed by atoms with Crippen LogP contribution >= 0.6 is 0 Å². The van der Waals surface area contributed by atoms with Crippen molar-refractivity contribution < 1.29 is 27.3 Å². The van der Waals surface area contributed by atoms with Gasteiger partial charge in [0.15, 0.2) is 17.5 Å². The highest BCUT2D eigenvalue weighted by atomic mass is 19.2. The SMILES string of the molecule is Cc1noc(C)c1C(=O)NCC(=O)Nc1ccc(F)c(F)c1F. The summed E-state index contributed by atoms with van der Waals surface area (Å²) in [6.07, 6.45) is 0. The van der Waals surface area contributed by atoms with Crippen LogP contribution in [0.2, 0.25) is 0 Å². The second kappa shape index (κ2) is 6.51. The molecular weight excluding hydrogens is 315 g/mol. The number of anilines is 1. The van der Waals surface area contributed by atoms with Crippen LogP contribution in [0.15, 0.2) is 16.7 Å². The van der Waals surface area contributed by atoms with E-state index >= 15 is 0 Å².